The van der Waals surface area contributed by atoms with Crippen LogP contribution in [0.5, 0.6) is 0 Å². The minimum Gasteiger partial charge on any atom is -1.00 e. The van der Waals surface area contributed by atoms with Crippen molar-refractivity contribution in [2.75, 3.05) is 12.3 Å². The van der Waals surface area contributed by atoms with E-state index >= 15 is 0 Å². The Labute approximate surface area is 166 Å². The molecule has 0 bridgehead atoms. The second-order valence-electron chi connectivity index (χ2n) is 5.11. The summed E-state index contributed by atoms with van der Waals surface area (Å²) in [7, 11) is -2.95. The number of fused-ring (bicyclic) bond motifs is 1. The van der Waals surface area contributed by atoms with Crippen molar-refractivity contribution in [1.82, 2.24) is 4.31 Å². The van der Waals surface area contributed by atoms with Gasteiger partial charge < -0.3 is 29.1 Å². The zero-order valence-corrected chi connectivity index (χ0v) is 15.9. The standard InChI is InChI=1S/C16H15N3O4S.HI/c1-18-10-6-5-9-13(18)17-16(21)14-15(20)11-7-3-4-8-12(11)24(22,23)19(14)2;/h3-10H,1-2H3,(H,20,21);1H/i2T3;. The van der Waals surface area contributed by atoms with Crippen LogP contribution in [0.4, 0.5) is 5.82 Å². The van der Waals surface area contributed by atoms with E-state index < -0.39 is 34.4 Å². The van der Waals surface area contributed by atoms with Crippen LogP contribution in [0.3, 0.4) is 0 Å². The highest BCUT2D eigenvalue weighted by Crippen LogP contribution is 2.34. The maximum absolute atomic E-state index is 12.9. The van der Waals surface area contributed by atoms with Crippen LogP contribution >= 0.6 is 0 Å². The fraction of sp³-hybridized carbons (Fsp3) is 0.125. The number of halogens is 1. The Hall–Kier alpha value is -2.14. The van der Waals surface area contributed by atoms with Crippen molar-refractivity contribution >= 4 is 27.5 Å². The first kappa shape index (κ1) is 15.1. The SMILES string of the molecule is [3H]C([3H])([3H])N1C(C(=O)Nc2cccc[n+]2C)=C(O)c2ccccc2S1(=O)=O.[I-]. The van der Waals surface area contributed by atoms with E-state index in [1.165, 1.54) is 24.3 Å². The predicted octanol–water partition coefficient (Wildman–Crippen LogP) is -1.99. The van der Waals surface area contributed by atoms with Gasteiger partial charge in [0.1, 0.15) is 0 Å². The summed E-state index contributed by atoms with van der Waals surface area (Å²) in [6, 6.07) is 10.2. The minimum atomic E-state index is -4.58. The van der Waals surface area contributed by atoms with E-state index in [0.29, 0.717) is 0 Å². The number of carbonyl (C=O) groups is 1. The first-order chi connectivity index (χ1) is 12.5. The predicted molar refractivity (Wildman–Crippen MR) is 87.2 cm³/mol. The van der Waals surface area contributed by atoms with Crippen molar-refractivity contribution in [3.05, 3.63) is 59.9 Å². The number of benzene rings is 1. The lowest BCUT2D eigenvalue weighted by atomic mass is 10.1. The van der Waals surface area contributed by atoms with Gasteiger partial charge in [-0.3, -0.25) is 4.31 Å². The van der Waals surface area contributed by atoms with Gasteiger partial charge in [-0.2, -0.15) is 0 Å². The second-order valence-corrected chi connectivity index (χ2v) is 6.87. The van der Waals surface area contributed by atoms with Gasteiger partial charge in [0.2, 0.25) is 0 Å². The van der Waals surface area contributed by atoms with Crippen LogP contribution < -0.4 is 33.9 Å². The number of amides is 1. The van der Waals surface area contributed by atoms with Crippen LogP contribution in [0.2, 0.25) is 0 Å². The molecule has 1 amide bonds. The van der Waals surface area contributed by atoms with Gasteiger partial charge in [0.25, 0.3) is 15.8 Å². The van der Waals surface area contributed by atoms with E-state index in [2.05, 4.69) is 5.32 Å². The number of aromatic nitrogens is 1. The highest BCUT2D eigenvalue weighted by atomic mass is 127. The maximum Gasteiger partial charge on any atom is 0.360 e. The van der Waals surface area contributed by atoms with Crippen LogP contribution in [0.1, 0.15) is 9.68 Å². The van der Waals surface area contributed by atoms with E-state index in [1.807, 2.05) is 0 Å². The average molecular weight is 479 g/mol. The number of likely N-dealkylation sites (N-methyl/N-ethyl adjacent to an activating group) is 1. The molecule has 25 heavy (non-hydrogen) atoms. The third kappa shape index (κ3) is 3.21. The molecule has 0 fully saturated rings. The van der Waals surface area contributed by atoms with Crippen molar-refractivity contribution in [1.29, 1.82) is 0 Å². The second kappa shape index (κ2) is 7.00. The third-order valence-electron chi connectivity index (χ3n) is 3.60. The first-order valence-electron chi connectivity index (χ1n) is 8.39. The number of anilines is 1. The number of hydrogen-bond donors (Lipinski definition) is 2. The number of nitrogens with one attached hydrogen (secondary N) is 1. The lowest BCUT2D eigenvalue weighted by molar-refractivity contribution is -0.657. The zero-order chi connectivity index (χ0) is 20.0. The van der Waals surface area contributed by atoms with Gasteiger partial charge in [0.15, 0.2) is 11.5 Å². The molecule has 0 atom stereocenters. The highest BCUT2D eigenvalue weighted by Gasteiger charge is 2.39. The van der Waals surface area contributed by atoms with Crippen molar-refractivity contribution in [2.45, 2.75) is 4.90 Å². The zero-order valence-electron chi connectivity index (χ0n) is 16.0. The molecule has 0 spiro atoms. The minimum absolute atomic E-state index is 0. The summed E-state index contributed by atoms with van der Waals surface area (Å²) in [4.78, 5) is 12.4. The van der Waals surface area contributed by atoms with Crippen LogP contribution in [-0.2, 0) is 21.9 Å². The van der Waals surface area contributed by atoms with Crippen LogP contribution in [0, 0.1) is 0 Å². The number of aliphatic hydroxyl groups is 1. The summed E-state index contributed by atoms with van der Waals surface area (Å²) in [5, 5.41) is 13.0. The number of rotatable bonds is 2. The molecule has 7 nitrogen and oxygen atoms in total. The molecule has 0 unspecified atom stereocenters. The lowest BCUT2D eigenvalue weighted by Gasteiger charge is -2.27. The van der Waals surface area contributed by atoms with Gasteiger partial charge in [0, 0.05) is 22.7 Å². The topological polar surface area (TPSA) is 90.6 Å². The Morgan fingerprint density at radius 1 is 1.24 bits per heavy atom. The van der Waals surface area contributed by atoms with Crippen molar-refractivity contribution in [3.8, 4) is 0 Å². The summed E-state index contributed by atoms with van der Waals surface area (Å²) >= 11 is 0. The summed E-state index contributed by atoms with van der Waals surface area (Å²) < 4.78 is 50.1. The molecule has 1 aromatic heterocycles. The largest absolute Gasteiger partial charge is 1.00 e. The molecular formula is C16H16IN3O4S. The molecule has 9 heteroatoms. The molecule has 2 heterocycles. The highest BCUT2D eigenvalue weighted by molar-refractivity contribution is 7.89. The quantitative estimate of drug-likeness (QED) is 0.386. The Kier molecular flexibility index (Phi) is 4.24. The number of carbonyl (C=O) groups excluding carboxylic acids is 1. The van der Waals surface area contributed by atoms with E-state index in [9.17, 15) is 18.3 Å². The van der Waals surface area contributed by atoms with Gasteiger partial charge in [-0.05, 0) is 18.2 Å². The Morgan fingerprint density at radius 3 is 2.60 bits per heavy atom. The molecule has 2 aromatic rings. The van der Waals surface area contributed by atoms with Gasteiger partial charge in [-0.15, -0.1) is 0 Å². The average Bonchev–Trinajstić information content (AvgIpc) is 2.59. The number of sulfonamides is 1. The molecular weight excluding hydrogens is 457 g/mol. The molecule has 2 N–H and O–H groups in total. The van der Waals surface area contributed by atoms with E-state index in [0.717, 1.165) is 0 Å². The van der Waals surface area contributed by atoms with Gasteiger partial charge in [-0.1, -0.05) is 18.2 Å². The van der Waals surface area contributed by atoms with Crippen molar-refractivity contribution < 1.29 is 51.0 Å². The molecule has 0 saturated heterocycles. The first-order valence-corrected chi connectivity index (χ1v) is 8.33. The Bertz CT molecular complexity index is 1070. The summed E-state index contributed by atoms with van der Waals surface area (Å²) in [6.45, 7) is -3.22. The Balaban J connectivity index is 0.00000280. The van der Waals surface area contributed by atoms with E-state index in [4.69, 9.17) is 4.11 Å². The summed E-state index contributed by atoms with van der Waals surface area (Å²) in [5.41, 5.74) is -1.00. The molecule has 0 saturated carbocycles. The number of pyridine rings is 1. The number of hydrogen-bond acceptors (Lipinski definition) is 4. The molecule has 1 aromatic carbocycles. The van der Waals surface area contributed by atoms with Crippen LogP contribution in [0.15, 0.2) is 59.3 Å². The number of aliphatic hydroxyl groups excluding tert-OH is 1. The normalized spacial score (nSPS) is 17.5. The molecule has 0 radical (unpaired) electrons. The fourth-order valence-corrected chi connectivity index (χ4v) is 3.66. The monoisotopic (exact) mass is 479 g/mol. The molecule has 3 rings (SSSR count). The molecule has 1 aliphatic heterocycles. The molecule has 0 aliphatic carbocycles. The molecule has 1 aliphatic rings. The summed E-state index contributed by atoms with van der Waals surface area (Å²) in [5.74, 6) is -1.51. The number of aryl methyl sites for hydroxylation is 1. The van der Waals surface area contributed by atoms with Gasteiger partial charge >= 0.3 is 5.91 Å². The van der Waals surface area contributed by atoms with E-state index in [1.54, 1.807) is 36.0 Å². The number of nitrogens with zero attached hydrogens (tertiary/aromatic N) is 2. The maximum atomic E-state index is 12.9. The third-order valence-corrected chi connectivity index (χ3v) is 5.17. The van der Waals surface area contributed by atoms with E-state index in [-0.39, 0.29) is 44.6 Å². The van der Waals surface area contributed by atoms with Crippen LogP contribution in [0.25, 0.3) is 5.76 Å². The van der Waals surface area contributed by atoms with Gasteiger partial charge in [-0.25, -0.2) is 23.1 Å². The van der Waals surface area contributed by atoms with Gasteiger partial charge in [0.05, 0.1) is 18.1 Å². The smallest absolute Gasteiger partial charge is 0.360 e. The molecule has 132 valence electrons. The summed E-state index contributed by atoms with van der Waals surface area (Å²) in [6.07, 6.45) is 1.64. The van der Waals surface area contributed by atoms with Crippen molar-refractivity contribution in [2.24, 2.45) is 7.05 Å². The van der Waals surface area contributed by atoms with Crippen LogP contribution in [-0.4, -0.2) is 30.7 Å². The lowest BCUT2D eigenvalue weighted by Crippen LogP contribution is -3.00. The van der Waals surface area contributed by atoms with Crippen molar-refractivity contribution in [3.63, 3.8) is 0 Å². The Morgan fingerprint density at radius 2 is 1.92 bits per heavy atom. The fourth-order valence-electron chi connectivity index (χ4n) is 2.36.